The van der Waals surface area contributed by atoms with Gasteiger partial charge in [-0.25, -0.2) is 4.79 Å². The fourth-order valence-electron chi connectivity index (χ4n) is 2.26. The van der Waals surface area contributed by atoms with Crippen molar-refractivity contribution in [1.29, 1.82) is 0 Å². The second-order valence-corrected chi connectivity index (χ2v) is 6.99. The molecule has 1 saturated heterocycles. The van der Waals surface area contributed by atoms with Gasteiger partial charge in [0.2, 0.25) is 5.91 Å². The van der Waals surface area contributed by atoms with Gasteiger partial charge in [-0.2, -0.15) is 0 Å². The summed E-state index contributed by atoms with van der Waals surface area (Å²) >= 11 is 0. The molecule has 2 N–H and O–H groups in total. The van der Waals surface area contributed by atoms with Crippen LogP contribution in [0.1, 0.15) is 52.9 Å². The van der Waals surface area contributed by atoms with E-state index in [0.29, 0.717) is 26.2 Å². The van der Waals surface area contributed by atoms with Crippen LogP contribution in [-0.2, 0) is 19.1 Å². The van der Waals surface area contributed by atoms with E-state index in [2.05, 4.69) is 26.1 Å². The Bertz CT molecular complexity index is 358. The summed E-state index contributed by atoms with van der Waals surface area (Å²) in [5.41, 5.74) is 0.0462. The Balaban J connectivity index is 2.26. The van der Waals surface area contributed by atoms with E-state index in [1.165, 1.54) is 0 Å². The molecule has 1 unspecified atom stereocenters. The van der Waals surface area contributed by atoms with E-state index in [4.69, 9.17) is 9.47 Å². The molecule has 0 spiro atoms. The standard InChI is InChI=1S/C16H29NO5/c1-16(2,3)8-4-13(15(19)20)17-14(18)7-11-22-12-5-9-21-10-6-12/h12-13H,4-11H2,1-3H3,(H,17,18)(H,19,20). The highest BCUT2D eigenvalue weighted by atomic mass is 16.5. The van der Waals surface area contributed by atoms with Gasteiger partial charge in [0, 0.05) is 19.6 Å². The number of carboxylic acid groups (broad SMARTS) is 1. The zero-order valence-corrected chi connectivity index (χ0v) is 13.9. The average Bonchev–Trinajstić information content (AvgIpc) is 2.43. The van der Waals surface area contributed by atoms with Crippen molar-refractivity contribution < 1.29 is 24.2 Å². The number of amides is 1. The van der Waals surface area contributed by atoms with Gasteiger partial charge in [0.1, 0.15) is 6.04 Å². The molecule has 0 radical (unpaired) electrons. The minimum atomic E-state index is -0.983. The molecule has 128 valence electrons. The van der Waals surface area contributed by atoms with Crippen LogP contribution in [0.25, 0.3) is 0 Å². The lowest BCUT2D eigenvalue weighted by Gasteiger charge is -2.23. The normalized spacial score (nSPS) is 18.0. The van der Waals surface area contributed by atoms with Gasteiger partial charge in [-0.15, -0.1) is 0 Å². The first-order valence-electron chi connectivity index (χ1n) is 7.99. The van der Waals surface area contributed by atoms with Crippen LogP contribution in [0, 0.1) is 5.41 Å². The fraction of sp³-hybridized carbons (Fsp3) is 0.875. The number of ether oxygens (including phenoxy) is 2. The minimum absolute atomic E-state index is 0.0462. The zero-order valence-electron chi connectivity index (χ0n) is 13.9. The van der Waals surface area contributed by atoms with Crippen molar-refractivity contribution in [2.24, 2.45) is 5.41 Å². The van der Waals surface area contributed by atoms with Gasteiger partial charge in [-0.05, 0) is 31.1 Å². The van der Waals surface area contributed by atoms with Crippen LogP contribution in [0.4, 0.5) is 0 Å². The van der Waals surface area contributed by atoms with E-state index in [9.17, 15) is 14.7 Å². The first kappa shape index (κ1) is 18.9. The second kappa shape index (κ2) is 9.10. The SMILES string of the molecule is CC(C)(C)CCC(NC(=O)CCOC1CCOCC1)C(=O)O. The topological polar surface area (TPSA) is 84.9 Å². The molecular weight excluding hydrogens is 286 g/mol. The monoisotopic (exact) mass is 315 g/mol. The summed E-state index contributed by atoms with van der Waals surface area (Å²) in [4.78, 5) is 23.1. The summed E-state index contributed by atoms with van der Waals surface area (Å²) in [6.45, 7) is 7.87. The van der Waals surface area contributed by atoms with Crippen LogP contribution in [-0.4, -0.2) is 48.9 Å². The zero-order chi connectivity index (χ0) is 16.6. The number of carboxylic acids is 1. The summed E-state index contributed by atoms with van der Waals surface area (Å²) in [7, 11) is 0. The highest BCUT2D eigenvalue weighted by Crippen LogP contribution is 2.21. The van der Waals surface area contributed by atoms with Crippen LogP contribution >= 0.6 is 0 Å². The van der Waals surface area contributed by atoms with Crippen molar-refractivity contribution in [3.8, 4) is 0 Å². The molecule has 1 aliphatic heterocycles. The number of hydrogen-bond donors (Lipinski definition) is 2. The number of carbonyl (C=O) groups excluding carboxylic acids is 1. The molecule has 1 heterocycles. The molecule has 1 aliphatic rings. The molecule has 6 heteroatoms. The Morgan fingerprint density at radius 2 is 1.95 bits per heavy atom. The van der Waals surface area contributed by atoms with E-state index in [1.54, 1.807) is 0 Å². The molecule has 0 aromatic carbocycles. The van der Waals surface area contributed by atoms with E-state index in [0.717, 1.165) is 19.3 Å². The number of rotatable bonds is 8. The molecule has 1 atom stereocenters. The predicted octanol–water partition coefficient (Wildman–Crippen LogP) is 1.97. The summed E-state index contributed by atoms with van der Waals surface area (Å²) in [6, 6.07) is -0.824. The van der Waals surface area contributed by atoms with Gasteiger partial charge in [-0.1, -0.05) is 20.8 Å². The lowest BCUT2D eigenvalue weighted by Crippen LogP contribution is -2.41. The summed E-state index contributed by atoms with van der Waals surface area (Å²) < 4.78 is 10.9. The first-order valence-corrected chi connectivity index (χ1v) is 7.99. The molecule has 22 heavy (non-hydrogen) atoms. The van der Waals surface area contributed by atoms with Gasteiger partial charge in [0.25, 0.3) is 0 Å². The molecule has 6 nitrogen and oxygen atoms in total. The van der Waals surface area contributed by atoms with E-state index in [-0.39, 0.29) is 23.8 Å². The van der Waals surface area contributed by atoms with Crippen molar-refractivity contribution in [2.75, 3.05) is 19.8 Å². The summed E-state index contributed by atoms with van der Waals surface area (Å²) in [5.74, 6) is -1.25. The molecule has 0 saturated carbocycles. The molecule has 1 rings (SSSR count). The number of hydrogen-bond acceptors (Lipinski definition) is 4. The Labute approximate surface area is 132 Å². The summed E-state index contributed by atoms with van der Waals surface area (Å²) in [6.07, 6.45) is 3.22. The third kappa shape index (κ3) is 8.34. The Kier molecular flexibility index (Phi) is 7.82. The largest absolute Gasteiger partial charge is 0.480 e. The Morgan fingerprint density at radius 3 is 2.50 bits per heavy atom. The smallest absolute Gasteiger partial charge is 0.326 e. The van der Waals surface area contributed by atoms with Gasteiger partial charge in [0.05, 0.1) is 12.7 Å². The van der Waals surface area contributed by atoms with Crippen LogP contribution in [0.5, 0.6) is 0 Å². The van der Waals surface area contributed by atoms with Crippen molar-refractivity contribution in [3.63, 3.8) is 0 Å². The van der Waals surface area contributed by atoms with E-state index in [1.807, 2.05) is 0 Å². The maximum Gasteiger partial charge on any atom is 0.326 e. The van der Waals surface area contributed by atoms with Crippen molar-refractivity contribution in [1.82, 2.24) is 5.32 Å². The first-order chi connectivity index (χ1) is 10.3. The molecule has 1 amide bonds. The third-order valence-corrected chi connectivity index (χ3v) is 3.67. The van der Waals surface area contributed by atoms with Crippen LogP contribution in [0.15, 0.2) is 0 Å². The number of carbonyl (C=O) groups is 2. The fourth-order valence-corrected chi connectivity index (χ4v) is 2.26. The summed E-state index contributed by atoms with van der Waals surface area (Å²) in [5, 5.41) is 11.8. The molecule has 1 fully saturated rings. The molecule has 0 aromatic rings. The quantitative estimate of drug-likeness (QED) is 0.715. The Morgan fingerprint density at radius 1 is 1.32 bits per heavy atom. The third-order valence-electron chi connectivity index (χ3n) is 3.67. The molecular formula is C16H29NO5. The molecule has 0 aliphatic carbocycles. The van der Waals surface area contributed by atoms with Gasteiger partial charge in [0.15, 0.2) is 0 Å². The van der Waals surface area contributed by atoms with Gasteiger partial charge < -0.3 is 19.9 Å². The average molecular weight is 315 g/mol. The van der Waals surface area contributed by atoms with Crippen molar-refractivity contribution in [3.05, 3.63) is 0 Å². The minimum Gasteiger partial charge on any atom is -0.480 e. The number of nitrogens with one attached hydrogen (secondary N) is 1. The maximum absolute atomic E-state index is 11.8. The van der Waals surface area contributed by atoms with Gasteiger partial charge >= 0.3 is 5.97 Å². The van der Waals surface area contributed by atoms with E-state index >= 15 is 0 Å². The van der Waals surface area contributed by atoms with E-state index < -0.39 is 12.0 Å². The van der Waals surface area contributed by atoms with Crippen LogP contribution < -0.4 is 5.32 Å². The molecule has 0 aromatic heterocycles. The molecule has 0 bridgehead atoms. The maximum atomic E-state index is 11.8. The number of aliphatic carboxylic acids is 1. The highest BCUT2D eigenvalue weighted by molar-refractivity contribution is 5.83. The Hall–Kier alpha value is -1.14. The lowest BCUT2D eigenvalue weighted by molar-refractivity contribution is -0.142. The van der Waals surface area contributed by atoms with Gasteiger partial charge in [-0.3, -0.25) is 4.79 Å². The second-order valence-electron chi connectivity index (χ2n) is 6.99. The van der Waals surface area contributed by atoms with Crippen molar-refractivity contribution >= 4 is 11.9 Å². The highest BCUT2D eigenvalue weighted by Gasteiger charge is 2.23. The van der Waals surface area contributed by atoms with Crippen molar-refractivity contribution in [2.45, 2.75) is 65.0 Å². The van der Waals surface area contributed by atoms with Crippen LogP contribution in [0.2, 0.25) is 0 Å². The van der Waals surface area contributed by atoms with Crippen LogP contribution in [0.3, 0.4) is 0 Å². The predicted molar refractivity (Wildman–Crippen MR) is 82.7 cm³/mol. The lowest BCUT2D eigenvalue weighted by atomic mass is 9.88.